The topological polar surface area (TPSA) is 66.7 Å². The SMILES string of the molecule is Cc1ccc(C(=NC2CC2)NO)c(Oc2ccc(F)cc2)n1. The molecule has 22 heavy (non-hydrogen) atoms. The van der Waals surface area contributed by atoms with Crippen LogP contribution in [0.25, 0.3) is 0 Å². The Bertz CT molecular complexity index is 697. The van der Waals surface area contributed by atoms with Crippen LogP contribution >= 0.6 is 0 Å². The number of hydrogen-bond donors (Lipinski definition) is 2. The summed E-state index contributed by atoms with van der Waals surface area (Å²) in [6, 6.07) is 9.50. The summed E-state index contributed by atoms with van der Waals surface area (Å²) in [6.07, 6.45) is 2.03. The van der Waals surface area contributed by atoms with Gasteiger partial charge in [-0.3, -0.25) is 15.7 Å². The second-order valence-electron chi connectivity index (χ2n) is 5.18. The van der Waals surface area contributed by atoms with E-state index in [1.165, 1.54) is 24.3 Å². The van der Waals surface area contributed by atoms with Gasteiger partial charge in [-0.2, -0.15) is 0 Å². The summed E-state index contributed by atoms with van der Waals surface area (Å²) in [5.41, 5.74) is 3.44. The van der Waals surface area contributed by atoms with Crippen molar-refractivity contribution in [1.29, 1.82) is 0 Å². The minimum atomic E-state index is -0.335. The molecule has 1 heterocycles. The molecule has 1 aliphatic carbocycles. The lowest BCUT2D eigenvalue weighted by molar-refractivity contribution is 0.234. The van der Waals surface area contributed by atoms with Gasteiger partial charge in [-0.05, 0) is 56.2 Å². The van der Waals surface area contributed by atoms with Gasteiger partial charge >= 0.3 is 0 Å². The maximum Gasteiger partial charge on any atom is 0.230 e. The highest BCUT2D eigenvalue weighted by Crippen LogP contribution is 2.27. The summed E-state index contributed by atoms with van der Waals surface area (Å²) in [7, 11) is 0. The standard InChI is InChI=1S/C16H16FN3O2/c1-10-2-9-14(15(20-21)19-12-5-6-12)16(18-10)22-13-7-3-11(17)4-8-13/h2-4,7-9,12,21H,5-6H2,1H3,(H,19,20). The van der Waals surface area contributed by atoms with Crippen LogP contribution in [0.5, 0.6) is 11.6 Å². The number of rotatable bonds is 4. The van der Waals surface area contributed by atoms with Crippen molar-refractivity contribution >= 4 is 5.84 Å². The van der Waals surface area contributed by atoms with E-state index in [9.17, 15) is 9.60 Å². The quantitative estimate of drug-likeness (QED) is 0.517. The molecule has 0 bridgehead atoms. The normalized spacial score (nSPS) is 14.8. The first-order valence-electron chi connectivity index (χ1n) is 7.05. The van der Waals surface area contributed by atoms with Gasteiger partial charge in [0.1, 0.15) is 11.6 Å². The number of hydrogen-bond acceptors (Lipinski definition) is 4. The average Bonchev–Trinajstić information content (AvgIpc) is 3.32. The Morgan fingerprint density at radius 2 is 2.00 bits per heavy atom. The predicted molar refractivity (Wildman–Crippen MR) is 79.9 cm³/mol. The number of aliphatic imine (C=N–C) groups is 1. The molecular formula is C16H16FN3O2. The summed E-state index contributed by atoms with van der Waals surface area (Å²) in [5.74, 6) is 0.766. The van der Waals surface area contributed by atoms with Crippen molar-refractivity contribution in [3.8, 4) is 11.6 Å². The van der Waals surface area contributed by atoms with Crippen LogP contribution in [0.3, 0.4) is 0 Å². The number of halogens is 1. The lowest BCUT2D eigenvalue weighted by Gasteiger charge is -2.12. The molecule has 0 atom stereocenters. The van der Waals surface area contributed by atoms with Crippen molar-refractivity contribution in [1.82, 2.24) is 10.5 Å². The van der Waals surface area contributed by atoms with Gasteiger partial charge in [-0.25, -0.2) is 9.37 Å². The predicted octanol–water partition coefficient (Wildman–Crippen LogP) is 3.21. The molecule has 1 fully saturated rings. The molecule has 3 rings (SSSR count). The summed E-state index contributed by atoms with van der Waals surface area (Å²) in [6.45, 7) is 1.84. The Morgan fingerprint density at radius 1 is 1.27 bits per heavy atom. The number of aryl methyl sites for hydroxylation is 1. The third-order valence-electron chi connectivity index (χ3n) is 3.25. The van der Waals surface area contributed by atoms with E-state index in [2.05, 4.69) is 15.5 Å². The Hall–Kier alpha value is -2.47. The van der Waals surface area contributed by atoms with Crippen LogP contribution in [-0.2, 0) is 0 Å². The van der Waals surface area contributed by atoms with Crippen molar-refractivity contribution in [2.24, 2.45) is 4.99 Å². The number of ether oxygens (including phenoxy) is 1. The molecular weight excluding hydrogens is 285 g/mol. The molecule has 0 radical (unpaired) electrons. The second kappa shape index (κ2) is 6.11. The maximum atomic E-state index is 13.0. The third kappa shape index (κ3) is 3.40. The first-order chi connectivity index (χ1) is 10.7. The van der Waals surface area contributed by atoms with Crippen LogP contribution in [0.1, 0.15) is 24.1 Å². The number of amidine groups is 1. The Morgan fingerprint density at radius 3 is 2.64 bits per heavy atom. The number of nitrogens with one attached hydrogen (secondary N) is 1. The van der Waals surface area contributed by atoms with E-state index < -0.39 is 0 Å². The molecule has 114 valence electrons. The highest BCUT2D eigenvalue weighted by Gasteiger charge is 2.23. The molecule has 0 unspecified atom stereocenters. The molecule has 1 aromatic heterocycles. The van der Waals surface area contributed by atoms with Crippen molar-refractivity contribution in [2.75, 3.05) is 0 Å². The lowest BCUT2D eigenvalue weighted by atomic mass is 10.2. The van der Waals surface area contributed by atoms with Gasteiger partial charge in [-0.1, -0.05) is 0 Å². The van der Waals surface area contributed by atoms with Crippen molar-refractivity contribution in [3.63, 3.8) is 0 Å². The fourth-order valence-electron chi connectivity index (χ4n) is 1.95. The fourth-order valence-corrected chi connectivity index (χ4v) is 1.95. The molecule has 1 aromatic carbocycles. The van der Waals surface area contributed by atoms with E-state index in [0.717, 1.165) is 18.5 Å². The van der Waals surface area contributed by atoms with Crippen LogP contribution in [-0.4, -0.2) is 22.1 Å². The summed E-state index contributed by atoms with van der Waals surface area (Å²) < 4.78 is 18.7. The smallest absolute Gasteiger partial charge is 0.230 e. The Kier molecular flexibility index (Phi) is 4.02. The van der Waals surface area contributed by atoms with E-state index >= 15 is 0 Å². The minimum absolute atomic E-state index is 0.231. The van der Waals surface area contributed by atoms with Crippen LogP contribution in [0.15, 0.2) is 41.4 Å². The van der Waals surface area contributed by atoms with E-state index in [-0.39, 0.29) is 11.9 Å². The van der Waals surface area contributed by atoms with Gasteiger partial charge < -0.3 is 4.74 Å². The Balaban J connectivity index is 1.94. The van der Waals surface area contributed by atoms with Crippen LogP contribution < -0.4 is 10.2 Å². The van der Waals surface area contributed by atoms with Crippen molar-refractivity contribution < 1.29 is 14.3 Å². The number of nitrogens with zero attached hydrogens (tertiary/aromatic N) is 2. The average molecular weight is 301 g/mol. The molecule has 0 spiro atoms. The molecule has 2 N–H and O–H groups in total. The van der Waals surface area contributed by atoms with Gasteiger partial charge in [0.25, 0.3) is 0 Å². The second-order valence-corrected chi connectivity index (χ2v) is 5.18. The van der Waals surface area contributed by atoms with E-state index in [0.29, 0.717) is 23.0 Å². The molecule has 0 saturated heterocycles. The number of pyridine rings is 1. The molecule has 1 aliphatic rings. The first kappa shape index (κ1) is 14.5. The zero-order valence-electron chi connectivity index (χ0n) is 12.1. The highest BCUT2D eigenvalue weighted by molar-refractivity contribution is 6.00. The fraction of sp³-hybridized carbons (Fsp3) is 0.250. The van der Waals surface area contributed by atoms with Crippen molar-refractivity contribution in [2.45, 2.75) is 25.8 Å². The summed E-state index contributed by atoms with van der Waals surface area (Å²) in [5, 5.41) is 9.34. The highest BCUT2D eigenvalue weighted by atomic mass is 19.1. The van der Waals surface area contributed by atoms with Crippen LogP contribution in [0, 0.1) is 12.7 Å². The molecule has 6 heteroatoms. The largest absolute Gasteiger partial charge is 0.438 e. The van der Waals surface area contributed by atoms with Gasteiger partial charge in [0.15, 0.2) is 5.84 Å². The zero-order chi connectivity index (χ0) is 15.5. The van der Waals surface area contributed by atoms with E-state index in [1.54, 1.807) is 6.07 Å². The molecule has 5 nitrogen and oxygen atoms in total. The number of benzene rings is 1. The van der Waals surface area contributed by atoms with Crippen molar-refractivity contribution in [3.05, 3.63) is 53.5 Å². The molecule has 2 aromatic rings. The molecule has 0 amide bonds. The lowest BCUT2D eigenvalue weighted by Crippen LogP contribution is -2.22. The van der Waals surface area contributed by atoms with Crippen LogP contribution in [0.4, 0.5) is 4.39 Å². The van der Waals surface area contributed by atoms with Gasteiger partial charge in [0.2, 0.25) is 5.88 Å². The van der Waals surface area contributed by atoms with Gasteiger partial charge in [-0.15, -0.1) is 0 Å². The molecule has 1 saturated carbocycles. The Labute approximate surface area is 127 Å². The molecule has 0 aliphatic heterocycles. The minimum Gasteiger partial charge on any atom is -0.438 e. The number of aromatic nitrogens is 1. The monoisotopic (exact) mass is 301 g/mol. The summed E-state index contributed by atoms with van der Waals surface area (Å²) >= 11 is 0. The zero-order valence-corrected chi connectivity index (χ0v) is 12.1. The van der Waals surface area contributed by atoms with Crippen LogP contribution in [0.2, 0.25) is 0 Å². The maximum absolute atomic E-state index is 13.0. The number of hydroxylamine groups is 1. The van der Waals surface area contributed by atoms with E-state index in [1.807, 2.05) is 13.0 Å². The van der Waals surface area contributed by atoms with Gasteiger partial charge in [0.05, 0.1) is 11.6 Å². The first-order valence-corrected chi connectivity index (χ1v) is 7.05. The summed E-state index contributed by atoms with van der Waals surface area (Å²) in [4.78, 5) is 8.74. The third-order valence-corrected chi connectivity index (χ3v) is 3.25. The van der Waals surface area contributed by atoms with Gasteiger partial charge in [0, 0.05) is 5.69 Å². The van der Waals surface area contributed by atoms with E-state index in [4.69, 9.17) is 4.74 Å².